The molecule has 1 aromatic rings. The molecule has 0 radical (unpaired) electrons. The van der Waals surface area contributed by atoms with Crippen molar-refractivity contribution < 1.29 is 23.1 Å². The molecule has 0 aliphatic carbocycles. The van der Waals surface area contributed by atoms with Crippen LogP contribution in [-0.2, 0) is 14.8 Å². The fourth-order valence-electron chi connectivity index (χ4n) is 1.12. The second-order valence-electron chi connectivity index (χ2n) is 3.21. The molecule has 0 saturated heterocycles. The molecule has 0 aliphatic heterocycles. The van der Waals surface area contributed by atoms with E-state index in [1.54, 1.807) is 6.07 Å². The van der Waals surface area contributed by atoms with Crippen LogP contribution in [-0.4, -0.2) is 32.4 Å². The Labute approximate surface area is 98.2 Å². The van der Waals surface area contributed by atoms with Crippen molar-refractivity contribution in [3.63, 3.8) is 0 Å². The van der Waals surface area contributed by atoms with Crippen molar-refractivity contribution in [1.29, 1.82) is 0 Å². The predicted octanol–water partition coefficient (Wildman–Crippen LogP) is 0.104. The summed E-state index contributed by atoms with van der Waals surface area (Å²) in [4.78, 5) is 10.3. The van der Waals surface area contributed by atoms with Crippen LogP contribution in [0.4, 0.5) is 11.4 Å². The zero-order chi connectivity index (χ0) is 13.1. The van der Waals surface area contributed by atoms with Gasteiger partial charge < -0.3 is 15.6 Å². The van der Waals surface area contributed by atoms with E-state index >= 15 is 0 Å². The van der Waals surface area contributed by atoms with E-state index in [9.17, 15) is 13.2 Å². The zero-order valence-electron chi connectivity index (χ0n) is 9.00. The monoisotopic (exact) mass is 260 g/mol. The van der Waals surface area contributed by atoms with E-state index < -0.39 is 21.7 Å². The number of carboxylic acid groups (broad SMARTS) is 1. The van der Waals surface area contributed by atoms with Gasteiger partial charge in [-0.2, -0.15) is 0 Å². The standard InChI is InChI=1S/C9H12N2O5S/c1-16-6-2-3-7(10)8(4-6)11-17(14,15)5-9(12)13/h2-4,11H,5,10H2,1H3,(H,12,13). The number of sulfonamides is 1. The third-order valence-electron chi connectivity index (χ3n) is 1.84. The van der Waals surface area contributed by atoms with Crippen LogP contribution in [0.1, 0.15) is 0 Å². The van der Waals surface area contributed by atoms with Crippen molar-refractivity contribution in [2.45, 2.75) is 0 Å². The Bertz CT molecular complexity index is 526. The molecular weight excluding hydrogens is 248 g/mol. The van der Waals surface area contributed by atoms with Gasteiger partial charge in [0.25, 0.3) is 0 Å². The van der Waals surface area contributed by atoms with E-state index in [4.69, 9.17) is 15.6 Å². The van der Waals surface area contributed by atoms with Gasteiger partial charge in [-0.3, -0.25) is 9.52 Å². The lowest BCUT2D eigenvalue weighted by molar-refractivity contribution is -0.134. The van der Waals surface area contributed by atoms with Gasteiger partial charge in [-0.15, -0.1) is 0 Å². The average Bonchev–Trinajstić information content (AvgIpc) is 2.19. The van der Waals surface area contributed by atoms with Crippen LogP contribution >= 0.6 is 0 Å². The van der Waals surface area contributed by atoms with E-state index in [1.807, 2.05) is 0 Å². The van der Waals surface area contributed by atoms with E-state index in [1.165, 1.54) is 19.2 Å². The number of hydrogen-bond acceptors (Lipinski definition) is 5. The topological polar surface area (TPSA) is 119 Å². The van der Waals surface area contributed by atoms with Crippen LogP contribution in [0.25, 0.3) is 0 Å². The molecule has 7 nitrogen and oxygen atoms in total. The van der Waals surface area contributed by atoms with Crippen LogP contribution in [0.2, 0.25) is 0 Å². The second kappa shape index (κ2) is 4.91. The number of nitrogens with one attached hydrogen (secondary N) is 1. The molecule has 0 heterocycles. The predicted molar refractivity (Wildman–Crippen MR) is 62.5 cm³/mol. The maximum atomic E-state index is 11.4. The minimum atomic E-state index is -3.97. The summed E-state index contributed by atoms with van der Waals surface area (Å²) in [6.45, 7) is 0. The number of anilines is 2. The average molecular weight is 260 g/mol. The second-order valence-corrected chi connectivity index (χ2v) is 4.93. The highest BCUT2D eigenvalue weighted by Crippen LogP contribution is 2.25. The number of rotatable bonds is 5. The highest BCUT2D eigenvalue weighted by Gasteiger charge is 2.17. The van der Waals surface area contributed by atoms with E-state index in [0.29, 0.717) is 5.75 Å². The van der Waals surface area contributed by atoms with Crippen molar-refractivity contribution >= 4 is 27.4 Å². The summed E-state index contributed by atoms with van der Waals surface area (Å²) in [5.74, 6) is -2.06. The maximum Gasteiger partial charge on any atom is 0.320 e. The van der Waals surface area contributed by atoms with Gasteiger partial charge in [0, 0.05) is 6.07 Å². The molecule has 0 fully saturated rings. The molecule has 94 valence electrons. The number of carbonyl (C=O) groups is 1. The molecule has 1 aromatic carbocycles. The van der Waals surface area contributed by atoms with Gasteiger partial charge >= 0.3 is 5.97 Å². The molecule has 0 aromatic heterocycles. The Balaban J connectivity index is 2.98. The molecule has 0 bridgehead atoms. The molecule has 0 saturated carbocycles. The van der Waals surface area contributed by atoms with Crippen molar-refractivity contribution in [2.24, 2.45) is 0 Å². The first-order chi connectivity index (χ1) is 7.84. The third kappa shape index (κ3) is 3.83. The van der Waals surface area contributed by atoms with Gasteiger partial charge in [-0.05, 0) is 12.1 Å². The van der Waals surface area contributed by atoms with Gasteiger partial charge in [0.1, 0.15) is 5.75 Å². The first kappa shape index (κ1) is 13.1. The molecule has 0 atom stereocenters. The lowest BCUT2D eigenvalue weighted by atomic mass is 10.2. The molecule has 0 amide bonds. The number of nitrogen functional groups attached to an aromatic ring is 1. The minimum absolute atomic E-state index is 0.0885. The Kier molecular flexibility index (Phi) is 3.79. The van der Waals surface area contributed by atoms with Crippen molar-refractivity contribution in [3.05, 3.63) is 18.2 Å². The number of methoxy groups -OCH3 is 1. The van der Waals surface area contributed by atoms with E-state index in [2.05, 4.69) is 4.72 Å². The quantitative estimate of drug-likeness (QED) is 0.646. The summed E-state index contributed by atoms with van der Waals surface area (Å²) < 4.78 is 29.7. The van der Waals surface area contributed by atoms with Crippen molar-refractivity contribution in [1.82, 2.24) is 0 Å². The summed E-state index contributed by atoms with van der Waals surface area (Å²) in [6.07, 6.45) is 0. The highest BCUT2D eigenvalue weighted by molar-refractivity contribution is 7.93. The molecule has 0 aliphatic rings. The molecule has 0 unspecified atom stereocenters. The van der Waals surface area contributed by atoms with Crippen LogP contribution in [0, 0.1) is 0 Å². The summed E-state index contributed by atoms with van der Waals surface area (Å²) in [5, 5.41) is 8.42. The lowest BCUT2D eigenvalue weighted by Crippen LogP contribution is -2.22. The summed E-state index contributed by atoms with van der Waals surface area (Å²) >= 11 is 0. The SMILES string of the molecule is COc1ccc(N)c(NS(=O)(=O)CC(=O)O)c1. The number of benzene rings is 1. The van der Waals surface area contributed by atoms with Gasteiger partial charge in [0.15, 0.2) is 5.75 Å². The van der Waals surface area contributed by atoms with Gasteiger partial charge in [-0.25, -0.2) is 8.42 Å². The third-order valence-corrected chi connectivity index (χ3v) is 3.00. The Morgan fingerprint density at radius 3 is 2.71 bits per heavy atom. The fraction of sp³-hybridized carbons (Fsp3) is 0.222. The summed E-state index contributed by atoms with van der Waals surface area (Å²) in [5.41, 5.74) is 5.82. The minimum Gasteiger partial charge on any atom is -0.497 e. The molecular formula is C9H12N2O5S. The van der Waals surface area contributed by atoms with E-state index in [0.717, 1.165) is 0 Å². The van der Waals surface area contributed by atoms with Crippen molar-refractivity contribution in [2.75, 3.05) is 23.3 Å². The van der Waals surface area contributed by atoms with Gasteiger partial charge in [0.05, 0.1) is 18.5 Å². The molecule has 0 spiro atoms. The molecule has 17 heavy (non-hydrogen) atoms. The van der Waals surface area contributed by atoms with E-state index in [-0.39, 0.29) is 11.4 Å². The van der Waals surface area contributed by atoms with Crippen molar-refractivity contribution in [3.8, 4) is 5.75 Å². The Hall–Kier alpha value is -1.96. The first-order valence-corrected chi connectivity index (χ1v) is 6.15. The van der Waals surface area contributed by atoms with Crippen LogP contribution in [0.15, 0.2) is 18.2 Å². The molecule has 1 rings (SSSR count). The number of aliphatic carboxylic acids is 1. The van der Waals surface area contributed by atoms with Crippen LogP contribution in [0.3, 0.4) is 0 Å². The number of hydrogen-bond donors (Lipinski definition) is 3. The van der Waals surface area contributed by atoms with Crippen LogP contribution in [0.5, 0.6) is 5.75 Å². The Morgan fingerprint density at radius 1 is 1.53 bits per heavy atom. The maximum absolute atomic E-state index is 11.4. The highest BCUT2D eigenvalue weighted by atomic mass is 32.2. The number of carboxylic acids is 1. The smallest absolute Gasteiger partial charge is 0.320 e. The largest absolute Gasteiger partial charge is 0.497 e. The Morgan fingerprint density at radius 2 is 2.18 bits per heavy atom. The van der Waals surface area contributed by atoms with Gasteiger partial charge in [0.2, 0.25) is 10.0 Å². The lowest BCUT2D eigenvalue weighted by Gasteiger charge is -2.10. The zero-order valence-corrected chi connectivity index (χ0v) is 9.82. The summed E-state index contributed by atoms with van der Waals surface area (Å²) in [7, 11) is -2.55. The number of nitrogens with two attached hydrogens (primary N) is 1. The molecule has 4 N–H and O–H groups in total. The normalized spacial score (nSPS) is 10.9. The van der Waals surface area contributed by atoms with Gasteiger partial charge in [-0.1, -0.05) is 0 Å². The molecule has 8 heteroatoms. The first-order valence-electron chi connectivity index (χ1n) is 4.50. The fourth-order valence-corrected chi connectivity index (χ4v) is 2.03. The summed E-state index contributed by atoms with van der Waals surface area (Å²) in [6, 6.07) is 4.39. The number of ether oxygens (including phenoxy) is 1. The van der Waals surface area contributed by atoms with Crippen LogP contribution < -0.4 is 15.2 Å².